The molecule has 1 N–H and O–H groups in total. The minimum atomic E-state index is -0.681. The molecule has 0 saturated heterocycles. The summed E-state index contributed by atoms with van der Waals surface area (Å²) >= 11 is 0. The molecule has 1 atom stereocenters. The highest BCUT2D eigenvalue weighted by atomic mass is 16.4. The normalized spacial score (nSPS) is 22.7. The third-order valence-corrected chi connectivity index (χ3v) is 4.28. The van der Waals surface area contributed by atoms with Crippen LogP contribution in [0.5, 0.6) is 0 Å². The first-order valence-corrected chi connectivity index (χ1v) is 6.84. The molecule has 3 nitrogen and oxygen atoms in total. The Balaban J connectivity index is 1.80. The van der Waals surface area contributed by atoms with Crippen molar-refractivity contribution in [1.82, 2.24) is 0 Å². The van der Waals surface area contributed by atoms with Crippen LogP contribution in [-0.2, 0) is 11.2 Å². The van der Waals surface area contributed by atoms with Gasteiger partial charge < -0.3 is 10.0 Å². The van der Waals surface area contributed by atoms with Crippen molar-refractivity contribution in [3.8, 4) is 0 Å². The van der Waals surface area contributed by atoms with Crippen LogP contribution in [0, 0.1) is 0 Å². The number of anilines is 1. The van der Waals surface area contributed by atoms with Gasteiger partial charge in [0.15, 0.2) is 0 Å². The number of carboxylic acids is 1. The number of hydrogen-bond donors (Lipinski definition) is 1. The molecule has 1 fully saturated rings. The first-order valence-electron chi connectivity index (χ1n) is 6.84. The van der Waals surface area contributed by atoms with Gasteiger partial charge >= 0.3 is 5.97 Å². The number of carbonyl (C=O) groups is 1. The van der Waals surface area contributed by atoms with Gasteiger partial charge in [-0.25, -0.2) is 0 Å². The lowest BCUT2D eigenvalue weighted by Gasteiger charge is -2.41. The summed E-state index contributed by atoms with van der Waals surface area (Å²) in [5.41, 5.74) is 2.73. The Labute approximate surface area is 107 Å². The van der Waals surface area contributed by atoms with E-state index in [1.807, 2.05) is 0 Å². The molecule has 1 aliphatic heterocycles. The second-order valence-electron chi connectivity index (χ2n) is 5.41. The number of aliphatic carboxylic acids is 1. The second kappa shape index (κ2) is 4.63. The summed E-state index contributed by atoms with van der Waals surface area (Å²) in [7, 11) is 0. The van der Waals surface area contributed by atoms with E-state index in [1.165, 1.54) is 30.5 Å². The maximum Gasteiger partial charge on any atom is 0.303 e. The van der Waals surface area contributed by atoms with Gasteiger partial charge in [-0.15, -0.1) is 0 Å². The van der Waals surface area contributed by atoms with Crippen molar-refractivity contribution in [2.24, 2.45) is 0 Å². The first-order chi connectivity index (χ1) is 8.75. The summed E-state index contributed by atoms with van der Waals surface area (Å²) in [6.45, 7) is 0. The number of para-hydroxylation sites is 1. The fraction of sp³-hybridized carbons (Fsp3) is 0.533. The van der Waals surface area contributed by atoms with Crippen LogP contribution in [0.4, 0.5) is 5.69 Å². The quantitative estimate of drug-likeness (QED) is 0.886. The van der Waals surface area contributed by atoms with Crippen LogP contribution in [0.3, 0.4) is 0 Å². The summed E-state index contributed by atoms with van der Waals surface area (Å²) < 4.78 is 0. The van der Waals surface area contributed by atoms with Crippen molar-refractivity contribution in [3.05, 3.63) is 29.8 Å². The number of nitrogens with zero attached hydrogens (tertiary/aromatic N) is 1. The Bertz CT molecular complexity index is 454. The lowest BCUT2D eigenvalue weighted by molar-refractivity contribution is -0.137. The first kappa shape index (κ1) is 11.6. The van der Waals surface area contributed by atoms with Crippen LogP contribution >= 0.6 is 0 Å². The summed E-state index contributed by atoms with van der Waals surface area (Å²) in [5.74, 6) is -0.681. The van der Waals surface area contributed by atoms with Gasteiger partial charge in [-0.1, -0.05) is 18.2 Å². The van der Waals surface area contributed by atoms with E-state index in [1.54, 1.807) is 0 Å². The van der Waals surface area contributed by atoms with Crippen molar-refractivity contribution >= 4 is 11.7 Å². The molecule has 18 heavy (non-hydrogen) atoms. The zero-order valence-corrected chi connectivity index (χ0v) is 10.5. The van der Waals surface area contributed by atoms with Gasteiger partial charge in [0.2, 0.25) is 0 Å². The molecule has 3 rings (SSSR count). The molecule has 0 spiro atoms. The van der Waals surface area contributed by atoms with Gasteiger partial charge in [0.1, 0.15) is 0 Å². The number of carboxylic acid groups (broad SMARTS) is 1. The lowest BCUT2D eigenvalue weighted by atomic mass is 9.90. The molecular formula is C15H19NO2. The largest absolute Gasteiger partial charge is 0.481 e. The van der Waals surface area contributed by atoms with E-state index in [2.05, 4.69) is 29.2 Å². The van der Waals surface area contributed by atoms with Crippen molar-refractivity contribution in [2.45, 2.75) is 50.6 Å². The van der Waals surface area contributed by atoms with E-state index in [0.29, 0.717) is 12.1 Å². The molecule has 0 amide bonds. The Morgan fingerprint density at radius 3 is 2.78 bits per heavy atom. The van der Waals surface area contributed by atoms with Gasteiger partial charge in [-0.2, -0.15) is 0 Å². The number of hydrogen-bond acceptors (Lipinski definition) is 2. The SMILES string of the molecule is O=C(O)CCC1Cc2ccccc2N1C1CCC1. The van der Waals surface area contributed by atoms with E-state index >= 15 is 0 Å². The van der Waals surface area contributed by atoms with Crippen molar-refractivity contribution in [3.63, 3.8) is 0 Å². The van der Waals surface area contributed by atoms with Crippen molar-refractivity contribution in [2.75, 3.05) is 4.90 Å². The van der Waals surface area contributed by atoms with Crippen molar-refractivity contribution < 1.29 is 9.90 Å². The van der Waals surface area contributed by atoms with Gasteiger partial charge in [0.05, 0.1) is 0 Å². The van der Waals surface area contributed by atoms with Crippen LogP contribution in [-0.4, -0.2) is 23.2 Å². The Morgan fingerprint density at radius 2 is 2.11 bits per heavy atom. The summed E-state index contributed by atoms with van der Waals surface area (Å²) in [6.07, 6.45) is 5.90. The molecule has 0 radical (unpaired) electrons. The topological polar surface area (TPSA) is 40.5 Å². The van der Waals surface area contributed by atoms with E-state index < -0.39 is 5.97 Å². The van der Waals surface area contributed by atoms with E-state index in [4.69, 9.17) is 5.11 Å². The predicted molar refractivity (Wildman–Crippen MR) is 70.9 cm³/mol. The molecule has 96 valence electrons. The van der Waals surface area contributed by atoms with Crippen LogP contribution in [0.1, 0.15) is 37.7 Å². The smallest absolute Gasteiger partial charge is 0.303 e. The summed E-state index contributed by atoms with van der Waals surface area (Å²) in [4.78, 5) is 13.3. The number of benzene rings is 1. The van der Waals surface area contributed by atoms with Crippen LogP contribution in [0.25, 0.3) is 0 Å². The minimum Gasteiger partial charge on any atom is -0.481 e. The van der Waals surface area contributed by atoms with Crippen molar-refractivity contribution in [1.29, 1.82) is 0 Å². The van der Waals surface area contributed by atoms with Gasteiger partial charge in [0, 0.05) is 24.2 Å². The molecule has 1 aromatic rings. The maximum atomic E-state index is 10.8. The van der Waals surface area contributed by atoms with Gasteiger partial charge in [-0.05, 0) is 43.7 Å². The molecule has 1 aromatic carbocycles. The van der Waals surface area contributed by atoms with Crippen LogP contribution < -0.4 is 4.90 Å². The highest BCUT2D eigenvalue weighted by molar-refractivity contribution is 5.67. The minimum absolute atomic E-state index is 0.280. The zero-order valence-electron chi connectivity index (χ0n) is 10.5. The molecule has 0 bridgehead atoms. The Morgan fingerprint density at radius 1 is 1.33 bits per heavy atom. The summed E-state index contributed by atoms with van der Waals surface area (Å²) in [6, 6.07) is 9.58. The van der Waals surface area contributed by atoms with Gasteiger partial charge in [0.25, 0.3) is 0 Å². The lowest BCUT2D eigenvalue weighted by Crippen LogP contribution is -2.45. The van der Waals surface area contributed by atoms with Crippen LogP contribution in [0.2, 0.25) is 0 Å². The fourth-order valence-corrected chi connectivity index (χ4v) is 3.18. The zero-order chi connectivity index (χ0) is 12.5. The monoisotopic (exact) mass is 245 g/mol. The van der Waals surface area contributed by atoms with E-state index in [0.717, 1.165) is 12.8 Å². The third-order valence-electron chi connectivity index (χ3n) is 4.28. The third kappa shape index (κ3) is 1.98. The summed E-state index contributed by atoms with van der Waals surface area (Å²) in [5, 5.41) is 8.87. The highest BCUT2D eigenvalue weighted by Crippen LogP contribution is 2.40. The van der Waals surface area contributed by atoms with E-state index in [9.17, 15) is 4.79 Å². The highest BCUT2D eigenvalue weighted by Gasteiger charge is 2.36. The average molecular weight is 245 g/mol. The Kier molecular flexibility index (Phi) is 2.98. The Hall–Kier alpha value is -1.51. The standard InChI is InChI=1S/C15H19NO2/c17-15(18)9-8-13-10-11-4-1-2-7-14(11)16(13)12-5-3-6-12/h1-2,4,7,12-13H,3,5-6,8-10H2,(H,17,18). The number of rotatable bonds is 4. The molecule has 0 aromatic heterocycles. The number of fused-ring (bicyclic) bond motifs is 1. The fourth-order valence-electron chi connectivity index (χ4n) is 3.18. The van der Waals surface area contributed by atoms with E-state index in [-0.39, 0.29) is 6.42 Å². The average Bonchev–Trinajstić information content (AvgIpc) is 2.64. The molecule has 1 aliphatic carbocycles. The second-order valence-corrected chi connectivity index (χ2v) is 5.41. The molecule has 1 unspecified atom stereocenters. The molecule has 1 saturated carbocycles. The molecule has 3 heteroatoms. The predicted octanol–water partition coefficient (Wildman–Crippen LogP) is 2.84. The molecule has 1 heterocycles. The molecular weight excluding hydrogens is 226 g/mol. The van der Waals surface area contributed by atoms with Gasteiger partial charge in [-0.3, -0.25) is 4.79 Å². The molecule has 2 aliphatic rings. The van der Waals surface area contributed by atoms with Crippen LogP contribution in [0.15, 0.2) is 24.3 Å². The maximum absolute atomic E-state index is 10.8.